The molecule has 0 aliphatic heterocycles. The largest absolute Gasteiger partial charge is 0.421 e. The highest BCUT2D eigenvalue weighted by molar-refractivity contribution is 6.29. The fourth-order valence-electron chi connectivity index (χ4n) is 2.84. The molecule has 0 saturated heterocycles. The summed E-state index contributed by atoms with van der Waals surface area (Å²) in [7, 11) is -0.673. The van der Waals surface area contributed by atoms with Crippen LogP contribution in [0.5, 0.6) is 0 Å². The van der Waals surface area contributed by atoms with Gasteiger partial charge in [0.15, 0.2) is 19.5 Å². The van der Waals surface area contributed by atoms with E-state index in [1.54, 1.807) is 0 Å². The summed E-state index contributed by atoms with van der Waals surface area (Å²) in [6, 6.07) is 2.66. The van der Waals surface area contributed by atoms with Crippen molar-refractivity contribution in [2.75, 3.05) is 0 Å². The van der Waals surface area contributed by atoms with E-state index < -0.39 is 0 Å². The van der Waals surface area contributed by atoms with Crippen LogP contribution >= 0.6 is 0 Å². The maximum atomic E-state index is 6.25. The molecule has 0 radical (unpaired) electrons. The molecule has 0 fully saturated rings. The summed E-state index contributed by atoms with van der Waals surface area (Å²) in [6.45, 7) is 18.4. The van der Waals surface area contributed by atoms with Crippen LogP contribution in [0.1, 0.15) is 74.7 Å². The first-order chi connectivity index (χ1) is 10.7. The van der Waals surface area contributed by atoms with Gasteiger partial charge in [-0.05, 0) is 48.6 Å². The number of rotatable bonds is 14. The highest BCUT2D eigenvalue weighted by Crippen LogP contribution is 2.18. The van der Waals surface area contributed by atoms with Crippen molar-refractivity contribution in [3.8, 4) is 0 Å². The van der Waals surface area contributed by atoms with Crippen molar-refractivity contribution in [2.45, 2.75) is 98.9 Å². The van der Waals surface area contributed by atoms with Crippen molar-refractivity contribution in [3.63, 3.8) is 0 Å². The molecule has 0 rings (SSSR count). The third-order valence-corrected chi connectivity index (χ3v) is 7.25. The van der Waals surface area contributed by atoms with Crippen LogP contribution in [0.4, 0.5) is 0 Å². The third-order valence-electron chi connectivity index (χ3n) is 4.35. The van der Waals surface area contributed by atoms with Gasteiger partial charge in [0, 0.05) is 12.2 Å². The Morgan fingerprint density at radius 3 is 1.22 bits per heavy atom. The minimum absolute atomic E-state index is 0.336. The van der Waals surface area contributed by atoms with Gasteiger partial charge in [0.05, 0.1) is 0 Å². The smallest absolute Gasteiger partial charge is 0.161 e. The molecule has 0 spiro atoms. The standard InChI is InChI=1S/C19H44O2Si2/c1-14(2)12-18(16(5)6)20-22-10-9-11-23-21-19(17(7)8)13-15(3)4/h14-19H,9-13,22-23H2,1-8H3. The van der Waals surface area contributed by atoms with Crippen LogP contribution in [0.3, 0.4) is 0 Å². The lowest BCUT2D eigenvalue weighted by atomic mass is 9.98. The summed E-state index contributed by atoms with van der Waals surface area (Å²) in [5, 5.41) is 0. The van der Waals surface area contributed by atoms with Crippen molar-refractivity contribution in [2.24, 2.45) is 23.7 Å². The van der Waals surface area contributed by atoms with Gasteiger partial charge in [-0.25, -0.2) is 0 Å². The zero-order valence-corrected chi connectivity index (χ0v) is 20.1. The molecule has 0 aliphatic carbocycles. The Labute approximate surface area is 151 Å². The minimum Gasteiger partial charge on any atom is -0.421 e. The molecular formula is C19H44O2Si2. The summed E-state index contributed by atoms with van der Waals surface area (Å²) in [4.78, 5) is 0. The lowest BCUT2D eigenvalue weighted by molar-refractivity contribution is 0.132. The molecule has 0 aromatic rings. The summed E-state index contributed by atoms with van der Waals surface area (Å²) < 4.78 is 12.5. The molecule has 0 aromatic carbocycles. The minimum atomic E-state index is -0.336. The SMILES string of the molecule is CC(C)CC(O[SiH2]CCC[SiH2]OC(CC(C)C)C(C)C)C(C)C. The normalized spacial score (nSPS) is 16.2. The lowest BCUT2D eigenvalue weighted by Gasteiger charge is -2.24. The first-order valence-electron chi connectivity index (χ1n) is 9.97. The van der Waals surface area contributed by atoms with E-state index in [1.807, 2.05) is 0 Å². The fourth-order valence-corrected chi connectivity index (χ4v) is 6.65. The van der Waals surface area contributed by atoms with E-state index in [2.05, 4.69) is 55.4 Å². The van der Waals surface area contributed by atoms with E-state index >= 15 is 0 Å². The zero-order chi connectivity index (χ0) is 17.8. The highest BCUT2D eigenvalue weighted by Gasteiger charge is 2.16. The summed E-state index contributed by atoms with van der Waals surface area (Å²) in [5.74, 6) is 2.80. The van der Waals surface area contributed by atoms with Crippen LogP contribution in [0.2, 0.25) is 12.1 Å². The molecule has 0 saturated carbocycles. The second-order valence-electron chi connectivity index (χ2n) is 8.63. The molecule has 0 aromatic heterocycles. The summed E-state index contributed by atoms with van der Waals surface area (Å²) in [5.41, 5.74) is 0. The molecule has 0 aliphatic rings. The molecule has 140 valence electrons. The van der Waals surface area contributed by atoms with Crippen LogP contribution in [-0.4, -0.2) is 31.7 Å². The van der Waals surface area contributed by atoms with E-state index in [1.165, 1.54) is 31.4 Å². The molecule has 0 bridgehead atoms. The van der Waals surface area contributed by atoms with Gasteiger partial charge in [0.1, 0.15) is 0 Å². The monoisotopic (exact) mass is 360 g/mol. The summed E-state index contributed by atoms with van der Waals surface area (Å²) in [6.07, 6.45) is 4.75. The van der Waals surface area contributed by atoms with E-state index in [4.69, 9.17) is 8.85 Å². The Hall–Kier alpha value is 0.354. The second kappa shape index (κ2) is 13.6. The van der Waals surface area contributed by atoms with Crippen molar-refractivity contribution < 1.29 is 8.85 Å². The fraction of sp³-hybridized carbons (Fsp3) is 1.00. The molecule has 4 heteroatoms. The van der Waals surface area contributed by atoms with Gasteiger partial charge >= 0.3 is 0 Å². The Morgan fingerprint density at radius 1 is 0.609 bits per heavy atom. The zero-order valence-electron chi connectivity index (χ0n) is 17.2. The van der Waals surface area contributed by atoms with Crippen LogP contribution in [0, 0.1) is 23.7 Å². The van der Waals surface area contributed by atoms with Crippen molar-refractivity contribution in [1.82, 2.24) is 0 Å². The Morgan fingerprint density at radius 2 is 0.957 bits per heavy atom. The van der Waals surface area contributed by atoms with Gasteiger partial charge < -0.3 is 8.85 Å². The second-order valence-corrected chi connectivity index (χ2v) is 11.5. The molecule has 23 heavy (non-hydrogen) atoms. The maximum Gasteiger partial charge on any atom is 0.161 e. The average molecular weight is 361 g/mol. The van der Waals surface area contributed by atoms with Crippen molar-refractivity contribution >= 4 is 19.5 Å². The molecule has 2 unspecified atom stereocenters. The topological polar surface area (TPSA) is 18.5 Å². The number of hydrogen-bond donors (Lipinski definition) is 0. The number of hydrogen-bond acceptors (Lipinski definition) is 2. The van der Waals surface area contributed by atoms with Crippen LogP contribution in [-0.2, 0) is 8.85 Å². The predicted molar refractivity (Wildman–Crippen MR) is 110 cm³/mol. The van der Waals surface area contributed by atoms with Crippen LogP contribution in [0.15, 0.2) is 0 Å². The van der Waals surface area contributed by atoms with Crippen LogP contribution < -0.4 is 0 Å². The molecule has 0 amide bonds. The van der Waals surface area contributed by atoms with Gasteiger partial charge in [0.2, 0.25) is 0 Å². The molecule has 0 heterocycles. The van der Waals surface area contributed by atoms with E-state index in [0.717, 1.165) is 11.8 Å². The predicted octanol–water partition coefficient (Wildman–Crippen LogP) is 4.56. The highest BCUT2D eigenvalue weighted by atomic mass is 28.2. The van der Waals surface area contributed by atoms with Gasteiger partial charge in [0.25, 0.3) is 0 Å². The summed E-state index contributed by atoms with van der Waals surface area (Å²) >= 11 is 0. The van der Waals surface area contributed by atoms with Gasteiger partial charge in [-0.3, -0.25) is 0 Å². The quantitative estimate of drug-likeness (QED) is 0.334. The van der Waals surface area contributed by atoms with Crippen molar-refractivity contribution in [1.29, 1.82) is 0 Å². The van der Waals surface area contributed by atoms with Crippen molar-refractivity contribution in [3.05, 3.63) is 0 Å². The maximum absolute atomic E-state index is 6.25. The first-order valence-corrected chi connectivity index (χ1v) is 13.1. The molecule has 0 N–H and O–H groups in total. The molecular weight excluding hydrogens is 316 g/mol. The Balaban J connectivity index is 3.75. The van der Waals surface area contributed by atoms with E-state index in [-0.39, 0.29) is 19.5 Å². The van der Waals surface area contributed by atoms with Crippen LogP contribution in [0.25, 0.3) is 0 Å². The average Bonchev–Trinajstić information content (AvgIpc) is 2.42. The Bertz CT molecular complexity index is 242. The first kappa shape index (κ1) is 23.4. The lowest BCUT2D eigenvalue weighted by Crippen LogP contribution is -2.24. The van der Waals surface area contributed by atoms with E-state index in [0.29, 0.717) is 24.0 Å². The van der Waals surface area contributed by atoms with Gasteiger partial charge in [-0.1, -0.05) is 61.8 Å². The third kappa shape index (κ3) is 13.3. The van der Waals surface area contributed by atoms with E-state index in [9.17, 15) is 0 Å². The van der Waals surface area contributed by atoms with Gasteiger partial charge in [-0.2, -0.15) is 0 Å². The Kier molecular flexibility index (Phi) is 13.8. The van der Waals surface area contributed by atoms with Gasteiger partial charge in [-0.15, -0.1) is 0 Å². The molecule has 2 nitrogen and oxygen atoms in total. The molecule has 2 atom stereocenters.